The van der Waals surface area contributed by atoms with E-state index in [1.54, 1.807) is 23.5 Å². The van der Waals surface area contributed by atoms with Gasteiger partial charge in [0.2, 0.25) is 5.91 Å². The number of thiophene rings is 1. The van der Waals surface area contributed by atoms with Gasteiger partial charge in [0.05, 0.1) is 10.4 Å². The number of benzene rings is 1. The van der Waals surface area contributed by atoms with Crippen LogP contribution in [0.4, 0.5) is 5.69 Å². The zero-order valence-corrected chi connectivity index (χ0v) is 12.4. The Balaban J connectivity index is 1.80. The summed E-state index contributed by atoms with van der Waals surface area (Å²) in [6.07, 6.45) is 3.38. The Kier molecular flexibility index (Phi) is 3.68. The molecule has 1 aliphatic carbocycles. The molecule has 2 aromatic rings. The summed E-state index contributed by atoms with van der Waals surface area (Å²) in [7, 11) is 0. The Morgan fingerprint density at radius 2 is 2.10 bits per heavy atom. The molecule has 0 fully saturated rings. The van der Waals surface area contributed by atoms with Gasteiger partial charge in [-0.3, -0.25) is 4.79 Å². The molecular formula is C15H15ClN2OS. The summed E-state index contributed by atoms with van der Waals surface area (Å²) < 4.78 is 0.854. The fourth-order valence-electron chi connectivity index (χ4n) is 2.60. The number of primary amides is 1. The zero-order valence-electron chi connectivity index (χ0n) is 10.9. The molecule has 0 spiro atoms. The minimum absolute atomic E-state index is 0.293. The van der Waals surface area contributed by atoms with Gasteiger partial charge in [-0.2, -0.15) is 0 Å². The van der Waals surface area contributed by atoms with Crippen molar-refractivity contribution in [1.82, 2.24) is 0 Å². The minimum atomic E-state index is -0.402. The van der Waals surface area contributed by atoms with Gasteiger partial charge in [-0.1, -0.05) is 11.6 Å². The van der Waals surface area contributed by atoms with E-state index in [-0.39, 0.29) is 0 Å². The molecule has 3 nitrogen and oxygen atoms in total. The van der Waals surface area contributed by atoms with Crippen molar-refractivity contribution in [1.29, 1.82) is 0 Å². The van der Waals surface area contributed by atoms with Gasteiger partial charge in [0.25, 0.3) is 0 Å². The Morgan fingerprint density at radius 1 is 1.35 bits per heavy atom. The fourth-order valence-corrected chi connectivity index (χ4v) is 3.99. The standard InChI is InChI=1S/C15H15ClN2OS/c16-14-8-11-12(2-1-3-13(11)20-14)18-10-6-4-9(5-7-10)15(17)19/h4-8,12,18H,1-3H2,(H2,17,19). The molecule has 0 saturated heterocycles. The van der Waals surface area contributed by atoms with Crippen LogP contribution in [0.15, 0.2) is 30.3 Å². The first-order valence-corrected chi connectivity index (χ1v) is 7.77. The zero-order chi connectivity index (χ0) is 14.1. The number of hydrogen-bond acceptors (Lipinski definition) is 3. The molecule has 1 amide bonds. The third-order valence-electron chi connectivity index (χ3n) is 3.59. The van der Waals surface area contributed by atoms with Crippen LogP contribution in [0.2, 0.25) is 4.34 Å². The van der Waals surface area contributed by atoms with Gasteiger partial charge in [-0.25, -0.2) is 0 Å². The van der Waals surface area contributed by atoms with Gasteiger partial charge in [-0.15, -0.1) is 11.3 Å². The summed E-state index contributed by atoms with van der Waals surface area (Å²) in [6.45, 7) is 0. The Bertz CT molecular complexity index is 636. The number of anilines is 1. The second kappa shape index (κ2) is 5.46. The van der Waals surface area contributed by atoms with Crippen LogP contribution in [0.5, 0.6) is 0 Å². The first-order chi connectivity index (χ1) is 9.63. The van der Waals surface area contributed by atoms with Crippen LogP contribution in [-0.2, 0) is 6.42 Å². The normalized spacial score (nSPS) is 17.6. The van der Waals surface area contributed by atoms with E-state index in [9.17, 15) is 4.79 Å². The van der Waals surface area contributed by atoms with Crippen LogP contribution < -0.4 is 11.1 Å². The highest BCUT2D eigenvalue weighted by Crippen LogP contribution is 2.39. The summed E-state index contributed by atoms with van der Waals surface area (Å²) in [5.74, 6) is -0.402. The average molecular weight is 307 g/mol. The van der Waals surface area contributed by atoms with E-state index >= 15 is 0 Å². The summed E-state index contributed by atoms with van der Waals surface area (Å²) in [5, 5.41) is 3.51. The molecule has 1 aromatic carbocycles. The van der Waals surface area contributed by atoms with Crippen LogP contribution in [-0.4, -0.2) is 5.91 Å². The van der Waals surface area contributed by atoms with E-state index in [1.807, 2.05) is 12.1 Å². The number of aryl methyl sites for hydroxylation is 1. The van der Waals surface area contributed by atoms with Crippen LogP contribution in [0, 0.1) is 0 Å². The van der Waals surface area contributed by atoms with Crippen molar-refractivity contribution in [2.75, 3.05) is 5.32 Å². The van der Waals surface area contributed by atoms with Gasteiger partial charge < -0.3 is 11.1 Å². The Labute approximate surface area is 126 Å². The maximum atomic E-state index is 11.1. The maximum Gasteiger partial charge on any atom is 0.248 e. The topological polar surface area (TPSA) is 55.1 Å². The molecule has 1 aromatic heterocycles. The molecule has 3 N–H and O–H groups in total. The molecule has 5 heteroatoms. The predicted octanol–water partition coefficient (Wildman–Crippen LogP) is 3.99. The molecule has 0 aliphatic heterocycles. The van der Waals surface area contributed by atoms with Crippen molar-refractivity contribution in [3.63, 3.8) is 0 Å². The van der Waals surface area contributed by atoms with E-state index in [1.165, 1.54) is 16.9 Å². The fraction of sp³-hybridized carbons (Fsp3) is 0.267. The lowest BCUT2D eigenvalue weighted by molar-refractivity contribution is 0.100. The first-order valence-electron chi connectivity index (χ1n) is 6.58. The van der Waals surface area contributed by atoms with Crippen molar-refractivity contribution >= 4 is 34.5 Å². The van der Waals surface area contributed by atoms with Crippen LogP contribution >= 0.6 is 22.9 Å². The van der Waals surface area contributed by atoms with E-state index in [4.69, 9.17) is 17.3 Å². The van der Waals surface area contributed by atoms with Crippen molar-refractivity contribution in [3.8, 4) is 0 Å². The molecule has 3 rings (SSSR count). The maximum absolute atomic E-state index is 11.1. The van der Waals surface area contributed by atoms with E-state index in [0.29, 0.717) is 11.6 Å². The number of amides is 1. The smallest absolute Gasteiger partial charge is 0.248 e. The van der Waals surface area contributed by atoms with E-state index in [0.717, 1.165) is 22.9 Å². The van der Waals surface area contributed by atoms with Crippen LogP contribution in [0.25, 0.3) is 0 Å². The number of hydrogen-bond donors (Lipinski definition) is 2. The molecule has 0 saturated carbocycles. The lowest BCUT2D eigenvalue weighted by Crippen LogP contribution is -2.16. The van der Waals surface area contributed by atoms with E-state index in [2.05, 4.69) is 11.4 Å². The largest absolute Gasteiger partial charge is 0.378 e. The molecule has 1 atom stereocenters. The molecule has 0 radical (unpaired) electrons. The number of carbonyl (C=O) groups is 1. The number of fused-ring (bicyclic) bond motifs is 1. The molecule has 1 aliphatic rings. The lowest BCUT2D eigenvalue weighted by atomic mass is 9.94. The van der Waals surface area contributed by atoms with Gasteiger partial charge in [-0.05, 0) is 55.2 Å². The Morgan fingerprint density at radius 3 is 2.80 bits per heavy atom. The summed E-state index contributed by atoms with van der Waals surface area (Å²) in [6, 6.07) is 9.63. The summed E-state index contributed by atoms with van der Waals surface area (Å²) >= 11 is 7.79. The van der Waals surface area contributed by atoms with Crippen molar-refractivity contribution in [2.45, 2.75) is 25.3 Å². The molecule has 0 bridgehead atoms. The van der Waals surface area contributed by atoms with Gasteiger partial charge >= 0.3 is 0 Å². The monoisotopic (exact) mass is 306 g/mol. The SMILES string of the molecule is NC(=O)c1ccc(NC2CCCc3sc(Cl)cc32)cc1. The molecule has 1 heterocycles. The molecular weight excluding hydrogens is 292 g/mol. The molecule has 1 unspecified atom stereocenters. The van der Waals surface area contributed by atoms with Crippen LogP contribution in [0.1, 0.15) is 39.7 Å². The van der Waals surface area contributed by atoms with E-state index < -0.39 is 5.91 Å². The van der Waals surface area contributed by atoms with Gasteiger partial charge in [0.1, 0.15) is 0 Å². The number of nitrogens with two attached hydrogens (primary N) is 1. The first kappa shape index (κ1) is 13.5. The van der Waals surface area contributed by atoms with Gasteiger partial charge in [0.15, 0.2) is 0 Å². The quantitative estimate of drug-likeness (QED) is 0.901. The van der Waals surface area contributed by atoms with Crippen molar-refractivity contribution in [2.24, 2.45) is 5.73 Å². The highest BCUT2D eigenvalue weighted by molar-refractivity contribution is 7.16. The molecule has 20 heavy (non-hydrogen) atoms. The number of rotatable bonds is 3. The third kappa shape index (κ3) is 2.67. The van der Waals surface area contributed by atoms with Crippen molar-refractivity contribution in [3.05, 3.63) is 50.7 Å². The predicted molar refractivity (Wildman–Crippen MR) is 83.6 cm³/mol. The van der Waals surface area contributed by atoms with Gasteiger partial charge in [0, 0.05) is 16.1 Å². The molecule has 104 valence electrons. The number of nitrogens with one attached hydrogen (secondary N) is 1. The third-order valence-corrected chi connectivity index (χ3v) is 4.93. The number of halogens is 1. The summed E-state index contributed by atoms with van der Waals surface area (Å²) in [5.41, 5.74) is 8.07. The highest BCUT2D eigenvalue weighted by atomic mass is 35.5. The highest BCUT2D eigenvalue weighted by Gasteiger charge is 2.22. The summed E-state index contributed by atoms with van der Waals surface area (Å²) in [4.78, 5) is 12.4. The second-order valence-electron chi connectivity index (χ2n) is 4.96. The minimum Gasteiger partial charge on any atom is -0.378 e. The average Bonchev–Trinajstić information content (AvgIpc) is 2.81. The Hall–Kier alpha value is -1.52. The lowest BCUT2D eigenvalue weighted by Gasteiger charge is -2.24. The number of carbonyl (C=O) groups excluding carboxylic acids is 1. The van der Waals surface area contributed by atoms with Crippen molar-refractivity contribution < 1.29 is 4.79 Å². The van der Waals surface area contributed by atoms with Crippen LogP contribution in [0.3, 0.4) is 0 Å². The second-order valence-corrected chi connectivity index (χ2v) is 6.73.